The van der Waals surface area contributed by atoms with Gasteiger partial charge in [-0.3, -0.25) is 4.79 Å². The van der Waals surface area contributed by atoms with Crippen molar-refractivity contribution in [2.45, 2.75) is 17.6 Å². The van der Waals surface area contributed by atoms with Gasteiger partial charge in [0.05, 0.1) is 5.56 Å². The van der Waals surface area contributed by atoms with E-state index in [1.165, 1.54) is 24.8 Å². The van der Waals surface area contributed by atoms with Gasteiger partial charge in [-0.1, -0.05) is 12.1 Å². The summed E-state index contributed by atoms with van der Waals surface area (Å²) in [5, 5.41) is 11.5. The van der Waals surface area contributed by atoms with Crippen LogP contribution in [-0.4, -0.2) is 5.91 Å². The van der Waals surface area contributed by atoms with E-state index in [0.717, 1.165) is 10.6 Å². The summed E-state index contributed by atoms with van der Waals surface area (Å²) in [7, 11) is 0. The van der Waals surface area contributed by atoms with Crippen molar-refractivity contribution < 1.29 is 9.18 Å². The van der Waals surface area contributed by atoms with Crippen molar-refractivity contribution in [2.75, 3.05) is 5.32 Å². The normalized spacial score (nSPS) is 9.95. The first-order chi connectivity index (χ1) is 10.1. The summed E-state index contributed by atoms with van der Waals surface area (Å²) in [6, 6.07) is 14.0. The minimum absolute atomic E-state index is 0.0640. The molecule has 0 bridgehead atoms. The number of halogens is 1. The predicted octanol–water partition coefficient (Wildman–Crippen LogP) is 3.95. The van der Waals surface area contributed by atoms with Crippen LogP contribution in [0.3, 0.4) is 0 Å². The van der Waals surface area contributed by atoms with Crippen LogP contribution in [0.25, 0.3) is 0 Å². The molecule has 2 rings (SSSR count). The molecule has 0 aliphatic rings. The van der Waals surface area contributed by atoms with Crippen LogP contribution < -0.4 is 5.32 Å². The van der Waals surface area contributed by atoms with Crippen molar-refractivity contribution >= 4 is 23.4 Å². The number of rotatable bonds is 4. The van der Waals surface area contributed by atoms with Crippen molar-refractivity contribution in [3.63, 3.8) is 0 Å². The molecule has 0 unspecified atom stereocenters. The van der Waals surface area contributed by atoms with Crippen LogP contribution in [0.2, 0.25) is 0 Å². The number of nitriles is 1. The highest BCUT2D eigenvalue weighted by atomic mass is 32.2. The zero-order valence-corrected chi connectivity index (χ0v) is 12.2. The lowest BCUT2D eigenvalue weighted by molar-refractivity contribution is -0.114. The van der Waals surface area contributed by atoms with E-state index in [1.54, 1.807) is 24.3 Å². The predicted molar refractivity (Wildman–Crippen MR) is 81.4 cm³/mol. The summed E-state index contributed by atoms with van der Waals surface area (Å²) in [6.45, 7) is 1.45. The highest BCUT2D eigenvalue weighted by molar-refractivity contribution is 7.98. The maximum atomic E-state index is 13.9. The summed E-state index contributed by atoms with van der Waals surface area (Å²) >= 11 is 1.47. The largest absolute Gasteiger partial charge is 0.326 e. The Balaban J connectivity index is 2.03. The number of hydrogen-bond donors (Lipinski definition) is 1. The second-order valence-electron chi connectivity index (χ2n) is 4.38. The molecule has 2 aromatic carbocycles. The van der Waals surface area contributed by atoms with Crippen molar-refractivity contribution in [3.8, 4) is 6.07 Å². The molecule has 0 saturated heterocycles. The molecule has 0 radical (unpaired) electrons. The van der Waals surface area contributed by atoms with E-state index in [4.69, 9.17) is 5.26 Å². The first kappa shape index (κ1) is 15.1. The molecule has 5 heteroatoms. The third kappa shape index (κ3) is 4.07. The molecular weight excluding hydrogens is 287 g/mol. The van der Waals surface area contributed by atoms with Crippen molar-refractivity contribution in [1.82, 2.24) is 0 Å². The first-order valence-corrected chi connectivity index (χ1v) is 7.26. The van der Waals surface area contributed by atoms with E-state index in [2.05, 4.69) is 5.32 Å². The second-order valence-corrected chi connectivity index (χ2v) is 5.43. The Kier molecular flexibility index (Phi) is 4.96. The zero-order valence-electron chi connectivity index (χ0n) is 11.4. The number of amides is 1. The summed E-state index contributed by atoms with van der Waals surface area (Å²) in [5.41, 5.74) is 1.30. The smallest absolute Gasteiger partial charge is 0.221 e. The number of benzene rings is 2. The maximum Gasteiger partial charge on any atom is 0.221 e. The Hall–Kier alpha value is -2.32. The lowest BCUT2D eigenvalue weighted by Gasteiger charge is -2.06. The summed E-state index contributed by atoms with van der Waals surface area (Å²) in [6.07, 6.45) is 0. The molecular formula is C16H13FN2OS. The van der Waals surface area contributed by atoms with Crippen molar-refractivity contribution in [1.29, 1.82) is 5.26 Å². The molecule has 0 atom stereocenters. The van der Waals surface area contributed by atoms with Gasteiger partial charge in [-0.15, -0.1) is 11.8 Å². The van der Waals surface area contributed by atoms with Crippen LogP contribution in [0.1, 0.15) is 18.1 Å². The number of carbonyl (C=O) groups excluding carboxylic acids is 1. The monoisotopic (exact) mass is 300 g/mol. The zero-order chi connectivity index (χ0) is 15.2. The highest BCUT2D eigenvalue weighted by Gasteiger charge is 2.07. The van der Waals surface area contributed by atoms with Gasteiger partial charge in [0.1, 0.15) is 11.9 Å². The molecule has 0 heterocycles. The van der Waals surface area contributed by atoms with E-state index in [9.17, 15) is 9.18 Å². The van der Waals surface area contributed by atoms with E-state index in [-0.39, 0.29) is 11.5 Å². The van der Waals surface area contributed by atoms with Crippen LogP contribution in [-0.2, 0) is 10.5 Å². The molecule has 106 valence electrons. The first-order valence-electron chi connectivity index (χ1n) is 6.28. The van der Waals surface area contributed by atoms with Crippen LogP contribution in [0.15, 0.2) is 47.4 Å². The third-order valence-electron chi connectivity index (χ3n) is 2.77. The molecule has 3 nitrogen and oxygen atoms in total. The van der Waals surface area contributed by atoms with Gasteiger partial charge >= 0.3 is 0 Å². The number of carbonyl (C=O) groups is 1. The number of anilines is 1. The standard InChI is InChI=1S/C16H13FN2OS/c1-11(20)19-14-5-7-15(8-6-14)21-10-13-4-2-3-12(9-18)16(13)17/h2-8H,10H2,1H3,(H,19,20). The van der Waals surface area contributed by atoms with Gasteiger partial charge < -0.3 is 5.32 Å². The summed E-state index contributed by atoms with van der Waals surface area (Å²) < 4.78 is 13.9. The molecule has 2 aromatic rings. The van der Waals surface area contributed by atoms with Gasteiger partial charge in [0, 0.05) is 23.3 Å². The highest BCUT2D eigenvalue weighted by Crippen LogP contribution is 2.26. The minimum Gasteiger partial charge on any atom is -0.326 e. The topological polar surface area (TPSA) is 52.9 Å². The van der Waals surface area contributed by atoms with Crippen molar-refractivity contribution in [3.05, 3.63) is 59.4 Å². The van der Waals surface area contributed by atoms with E-state index in [0.29, 0.717) is 11.3 Å². The van der Waals surface area contributed by atoms with Crippen molar-refractivity contribution in [2.24, 2.45) is 0 Å². The fourth-order valence-electron chi connectivity index (χ4n) is 1.78. The third-order valence-corrected chi connectivity index (χ3v) is 3.83. The lowest BCUT2D eigenvalue weighted by atomic mass is 10.1. The molecule has 1 amide bonds. The Labute approximate surface area is 126 Å². The fourth-order valence-corrected chi connectivity index (χ4v) is 2.65. The quantitative estimate of drug-likeness (QED) is 0.870. The average Bonchev–Trinajstić information content (AvgIpc) is 2.47. The number of hydrogen-bond acceptors (Lipinski definition) is 3. The Morgan fingerprint density at radius 1 is 1.29 bits per heavy atom. The Bertz CT molecular complexity index is 692. The summed E-state index contributed by atoms with van der Waals surface area (Å²) in [5.74, 6) is -0.131. The fraction of sp³-hybridized carbons (Fsp3) is 0.125. The van der Waals surface area contributed by atoms with Gasteiger partial charge in [0.2, 0.25) is 5.91 Å². The molecule has 0 saturated carbocycles. The van der Waals surface area contributed by atoms with Crippen LogP contribution in [0.4, 0.5) is 10.1 Å². The molecule has 0 aliphatic heterocycles. The van der Waals surface area contributed by atoms with Gasteiger partial charge in [0.25, 0.3) is 0 Å². The SMILES string of the molecule is CC(=O)Nc1ccc(SCc2cccc(C#N)c2F)cc1. The molecule has 21 heavy (non-hydrogen) atoms. The van der Waals surface area contributed by atoms with Gasteiger partial charge in [-0.25, -0.2) is 4.39 Å². The van der Waals surface area contributed by atoms with E-state index in [1.807, 2.05) is 18.2 Å². The Morgan fingerprint density at radius 3 is 2.62 bits per heavy atom. The van der Waals surface area contributed by atoms with Crippen LogP contribution in [0.5, 0.6) is 0 Å². The number of nitrogens with zero attached hydrogens (tertiary/aromatic N) is 1. The number of nitrogens with one attached hydrogen (secondary N) is 1. The summed E-state index contributed by atoms with van der Waals surface area (Å²) in [4.78, 5) is 11.9. The van der Waals surface area contributed by atoms with E-state index >= 15 is 0 Å². The average molecular weight is 300 g/mol. The Morgan fingerprint density at radius 2 is 2.00 bits per heavy atom. The number of thioether (sulfide) groups is 1. The van der Waals surface area contributed by atoms with Crippen LogP contribution in [0, 0.1) is 17.1 Å². The lowest BCUT2D eigenvalue weighted by Crippen LogP contribution is -2.05. The second kappa shape index (κ2) is 6.91. The molecule has 1 N–H and O–H groups in total. The van der Waals surface area contributed by atoms with Gasteiger partial charge in [-0.2, -0.15) is 5.26 Å². The molecule has 0 aliphatic carbocycles. The molecule has 0 fully saturated rings. The van der Waals surface area contributed by atoms with Crippen LogP contribution >= 0.6 is 11.8 Å². The molecule has 0 aromatic heterocycles. The van der Waals surface area contributed by atoms with E-state index < -0.39 is 5.82 Å². The minimum atomic E-state index is -0.456. The maximum absolute atomic E-state index is 13.9. The van der Waals surface area contributed by atoms with Gasteiger partial charge in [0.15, 0.2) is 0 Å². The van der Waals surface area contributed by atoms with Gasteiger partial charge in [-0.05, 0) is 35.9 Å². The molecule has 0 spiro atoms.